The summed E-state index contributed by atoms with van der Waals surface area (Å²) in [4.78, 5) is 2.75. The molecule has 1 saturated carbocycles. The molecule has 0 amide bonds. The van der Waals surface area contributed by atoms with Crippen LogP contribution in [0.3, 0.4) is 0 Å². The van der Waals surface area contributed by atoms with Crippen molar-refractivity contribution in [1.29, 1.82) is 0 Å². The van der Waals surface area contributed by atoms with Gasteiger partial charge in [-0.25, -0.2) is 4.31 Å². The van der Waals surface area contributed by atoms with Gasteiger partial charge in [0.1, 0.15) is 0 Å². The molecule has 4 heteroatoms. The first-order chi connectivity index (χ1) is 9.83. The zero-order chi connectivity index (χ0) is 14.2. The smallest absolute Gasteiger partial charge is 0.0246 e. The van der Waals surface area contributed by atoms with Gasteiger partial charge in [0.15, 0.2) is 0 Å². The number of rotatable bonds is 7. The molecule has 2 fully saturated rings. The van der Waals surface area contributed by atoms with Crippen molar-refractivity contribution in [3.63, 3.8) is 0 Å². The molecule has 1 aliphatic heterocycles. The Kier molecular flexibility index (Phi) is 7.71. The van der Waals surface area contributed by atoms with E-state index in [1.165, 1.54) is 71.2 Å². The number of nitrogens with one attached hydrogen (secondary N) is 1. The Hall–Kier alpha value is 0.230. The van der Waals surface area contributed by atoms with Crippen molar-refractivity contribution < 1.29 is 0 Å². The van der Waals surface area contributed by atoms with Gasteiger partial charge in [-0.2, -0.15) is 0 Å². The molecule has 3 nitrogen and oxygen atoms in total. The van der Waals surface area contributed by atoms with Crippen LogP contribution in [0.15, 0.2) is 0 Å². The van der Waals surface area contributed by atoms with Crippen LogP contribution in [0.25, 0.3) is 0 Å². The third-order valence-corrected chi connectivity index (χ3v) is 5.95. The Morgan fingerprint density at radius 3 is 2.50 bits per heavy atom. The fraction of sp³-hybridized carbons (Fsp3) is 1.00. The fourth-order valence-electron chi connectivity index (χ4n) is 3.76. The highest BCUT2D eigenvalue weighted by atomic mass is 32.2. The van der Waals surface area contributed by atoms with Crippen molar-refractivity contribution in [2.45, 2.75) is 51.5 Å². The first-order valence-electron chi connectivity index (χ1n) is 8.57. The lowest BCUT2D eigenvalue weighted by molar-refractivity contribution is 0.124. The SMILES string of the molecule is CCN(CC(CC1CCCCC1)N1CCNCC1)SC. The predicted molar refractivity (Wildman–Crippen MR) is 90.2 cm³/mol. The van der Waals surface area contributed by atoms with Crippen LogP contribution in [-0.2, 0) is 0 Å². The number of likely N-dealkylation sites (N-methyl/N-ethyl adjacent to an activating group) is 1. The van der Waals surface area contributed by atoms with Gasteiger partial charge in [0.05, 0.1) is 0 Å². The van der Waals surface area contributed by atoms with E-state index in [4.69, 9.17) is 0 Å². The third kappa shape index (κ3) is 5.21. The Morgan fingerprint density at radius 1 is 1.20 bits per heavy atom. The van der Waals surface area contributed by atoms with Gasteiger partial charge in [-0.15, -0.1) is 0 Å². The minimum atomic E-state index is 0.771. The summed E-state index contributed by atoms with van der Waals surface area (Å²) in [5.74, 6) is 0.990. The normalized spacial score (nSPS) is 24.1. The maximum Gasteiger partial charge on any atom is 0.0246 e. The lowest BCUT2D eigenvalue weighted by atomic mass is 9.84. The van der Waals surface area contributed by atoms with Crippen LogP contribution in [0.4, 0.5) is 0 Å². The fourth-order valence-corrected chi connectivity index (χ4v) is 4.34. The molecule has 0 bridgehead atoms. The number of hydrogen-bond donors (Lipinski definition) is 1. The van der Waals surface area contributed by atoms with Crippen LogP contribution < -0.4 is 5.32 Å². The molecule has 0 aromatic heterocycles. The van der Waals surface area contributed by atoms with Gasteiger partial charge in [0, 0.05) is 45.3 Å². The standard InChI is InChI=1S/C16H33N3S/c1-3-19(20-2)14-16(18-11-9-17-10-12-18)13-15-7-5-4-6-8-15/h15-17H,3-14H2,1-2H3. The quantitative estimate of drug-likeness (QED) is 0.728. The highest BCUT2D eigenvalue weighted by molar-refractivity contribution is 7.96. The monoisotopic (exact) mass is 299 g/mol. The number of hydrogen-bond acceptors (Lipinski definition) is 4. The second-order valence-electron chi connectivity index (χ2n) is 6.34. The summed E-state index contributed by atoms with van der Waals surface area (Å²) < 4.78 is 2.54. The molecule has 2 aliphatic rings. The molecule has 2 rings (SSSR count). The first-order valence-corrected chi connectivity index (χ1v) is 9.75. The van der Waals surface area contributed by atoms with Gasteiger partial charge in [-0.3, -0.25) is 4.90 Å². The molecule has 0 aromatic rings. The van der Waals surface area contributed by atoms with Crippen molar-refractivity contribution in [3.8, 4) is 0 Å². The van der Waals surface area contributed by atoms with Crippen molar-refractivity contribution in [2.24, 2.45) is 5.92 Å². The van der Waals surface area contributed by atoms with Crippen LogP contribution in [0.2, 0.25) is 0 Å². The van der Waals surface area contributed by atoms with E-state index in [1.54, 1.807) is 0 Å². The van der Waals surface area contributed by atoms with E-state index in [0.717, 1.165) is 18.5 Å². The van der Waals surface area contributed by atoms with Gasteiger partial charge in [0.25, 0.3) is 0 Å². The van der Waals surface area contributed by atoms with Gasteiger partial charge in [-0.1, -0.05) is 51.0 Å². The molecule has 0 spiro atoms. The van der Waals surface area contributed by atoms with Crippen LogP contribution >= 0.6 is 11.9 Å². The zero-order valence-electron chi connectivity index (χ0n) is 13.4. The molecule has 1 atom stereocenters. The lowest BCUT2D eigenvalue weighted by Gasteiger charge is -2.39. The molecular formula is C16H33N3S. The summed E-state index contributed by atoms with van der Waals surface area (Å²) in [6, 6.07) is 0.771. The van der Waals surface area contributed by atoms with Crippen molar-refractivity contribution in [2.75, 3.05) is 45.5 Å². The lowest BCUT2D eigenvalue weighted by Crippen LogP contribution is -2.52. The minimum absolute atomic E-state index is 0.771. The van der Waals surface area contributed by atoms with Crippen LogP contribution in [0.1, 0.15) is 45.4 Å². The molecule has 0 radical (unpaired) electrons. The maximum atomic E-state index is 3.49. The average Bonchev–Trinajstić information content (AvgIpc) is 2.53. The van der Waals surface area contributed by atoms with E-state index in [-0.39, 0.29) is 0 Å². The van der Waals surface area contributed by atoms with Crippen LogP contribution in [0.5, 0.6) is 0 Å². The Morgan fingerprint density at radius 2 is 1.90 bits per heavy atom. The molecule has 0 aromatic carbocycles. The summed E-state index contributed by atoms with van der Waals surface area (Å²) in [5, 5.41) is 3.49. The first kappa shape index (κ1) is 16.6. The van der Waals surface area contributed by atoms with E-state index in [2.05, 4.69) is 27.7 Å². The predicted octanol–water partition coefficient (Wildman–Crippen LogP) is 2.83. The summed E-state index contributed by atoms with van der Waals surface area (Å²) in [6.07, 6.45) is 11.0. The largest absolute Gasteiger partial charge is 0.314 e. The minimum Gasteiger partial charge on any atom is -0.314 e. The average molecular weight is 300 g/mol. The van der Waals surface area contributed by atoms with Gasteiger partial charge in [0.2, 0.25) is 0 Å². The van der Waals surface area contributed by atoms with Gasteiger partial charge < -0.3 is 5.32 Å². The van der Waals surface area contributed by atoms with Gasteiger partial charge >= 0.3 is 0 Å². The Bertz CT molecular complexity index is 246. The third-order valence-electron chi connectivity index (χ3n) is 5.02. The molecule has 1 heterocycles. The van der Waals surface area contributed by atoms with Crippen molar-refractivity contribution in [3.05, 3.63) is 0 Å². The van der Waals surface area contributed by atoms with E-state index in [1.807, 2.05) is 11.9 Å². The zero-order valence-corrected chi connectivity index (χ0v) is 14.3. The summed E-state index contributed by atoms with van der Waals surface area (Å²) in [7, 11) is 0. The highest BCUT2D eigenvalue weighted by Gasteiger charge is 2.26. The number of nitrogens with zero attached hydrogens (tertiary/aromatic N) is 2. The maximum absolute atomic E-state index is 3.49. The summed E-state index contributed by atoms with van der Waals surface area (Å²) >= 11 is 1.92. The highest BCUT2D eigenvalue weighted by Crippen LogP contribution is 2.29. The van der Waals surface area contributed by atoms with E-state index < -0.39 is 0 Å². The van der Waals surface area contributed by atoms with Crippen LogP contribution in [-0.4, -0.2) is 60.8 Å². The molecule has 1 N–H and O–H groups in total. The van der Waals surface area contributed by atoms with Gasteiger partial charge in [-0.05, 0) is 18.6 Å². The molecule has 118 valence electrons. The molecule has 1 saturated heterocycles. The molecule has 1 aliphatic carbocycles. The van der Waals surface area contributed by atoms with Crippen molar-refractivity contribution >= 4 is 11.9 Å². The molecular weight excluding hydrogens is 266 g/mol. The molecule has 20 heavy (non-hydrogen) atoms. The van der Waals surface area contributed by atoms with E-state index >= 15 is 0 Å². The molecule has 1 unspecified atom stereocenters. The second-order valence-corrected chi connectivity index (χ2v) is 7.22. The number of piperazine rings is 1. The van der Waals surface area contributed by atoms with Crippen molar-refractivity contribution in [1.82, 2.24) is 14.5 Å². The summed E-state index contributed by atoms with van der Waals surface area (Å²) in [5.41, 5.74) is 0. The second kappa shape index (κ2) is 9.29. The van der Waals surface area contributed by atoms with E-state index in [9.17, 15) is 0 Å². The van der Waals surface area contributed by atoms with Crippen LogP contribution in [0, 0.1) is 5.92 Å². The van der Waals surface area contributed by atoms with E-state index in [0.29, 0.717) is 0 Å². The Balaban J connectivity index is 1.90. The summed E-state index contributed by atoms with van der Waals surface area (Å²) in [6.45, 7) is 9.51. The Labute approximate surface area is 130 Å². The topological polar surface area (TPSA) is 18.5 Å².